The van der Waals surface area contributed by atoms with E-state index in [-0.39, 0.29) is 29.8 Å². The van der Waals surface area contributed by atoms with Crippen molar-refractivity contribution in [2.45, 2.75) is 32.4 Å². The second kappa shape index (κ2) is 8.81. The summed E-state index contributed by atoms with van der Waals surface area (Å²) in [6.45, 7) is 1.90. The quantitative estimate of drug-likeness (QED) is 0.474. The summed E-state index contributed by atoms with van der Waals surface area (Å²) in [4.78, 5) is 20.5. The number of benzene rings is 1. The van der Waals surface area contributed by atoms with Crippen molar-refractivity contribution >= 4 is 28.8 Å². The van der Waals surface area contributed by atoms with Crippen molar-refractivity contribution in [1.29, 1.82) is 0 Å². The minimum Gasteiger partial charge on any atom is -0.391 e. The zero-order valence-corrected chi connectivity index (χ0v) is 16.5. The number of rotatable bonds is 7. The summed E-state index contributed by atoms with van der Waals surface area (Å²) in [6.07, 6.45) is 3.11. The van der Waals surface area contributed by atoms with E-state index in [1.807, 2.05) is 6.92 Å². The van der Waals surface area contributed by atoms with Crippen LogP contribution in [0.1, 0.15) is 46.2 Å². The molecule has 3 aromatic rings. The Balaban J connectivity index is 1.79. The first-order valence-electron chi connectivity index (χ1n) is 8.63. The van der Waals surface area contributed by atoms with E-state index >= 15 is 0 Å². The largest absolute Gasteiger partial charge is 0.391 e. The number of nitrogens with one attached hydrogen (secondary N) is 2. The third kappa shape index (κ3) is 4.40. The Labute approximate surface area is 169 Å². The van der Waals surface area contributed by atoms with Crippen molar-refractivity contribution in [2.24, 2.45) is 0 Å². The number of aliphatic hydroxyl groups is 1. The van der Waals surface area contributed by atoms with Gasteiger partial charge in [-0.2, -0.15) is 0 Å². The van der Waals surface area contributed by atoms with Crippen molar-refractivity contribution in [3.8, 4) is 11.3 Å². The van der Waals surface area contributed by atoms with Crippen LogP contribution in [-0.4, -0.2) is 21.0 Å². The van der Waals surface area contributed by atoms with Gasteiger partial charge in [-0.1, -0.05) is 24.9 Å². The first-order chi connectivity index (χ1) is 13.4. The van der Waals surface area contributed by atoms with E-state index in [0.717, 1.165) is 23.4 Å². The SMILES string of the molecule is CCCC(NC(=O)c1ccc(-c2cc(F)c(Cl)c(F)c2)[nH]1)c1ncc(CO)s1. The number of carbonyl (C=O) groups is 1. The first-order valence-corrected chi connectivity index (χ1v) is 9.82. The van der Waals surface area contributed by atoms with Gasteiger partial charge in [0.25, 0.3) is 5.91 Å². The number of amides is 1. The van der Waals surface area contributed by atoms with Gasteiger partial charge in [-0.05, 0) is 30.7 Å². The fraction of sp³-hybridized carbons (Fsp3) is 0.263. The molecule has 3 N–H and O–H groups in total. The number of aromatic amines is 1. The molecule has 5 nitrogen and oxygen atoms in total. The lowest BCUT2D eigenvalue weighted by Crippen LogP contribution is -2.28. The van der Waals surface area contributed by atoms with E-state index in [1.54, 1.807) is 18.3 Å². The van der Waals surface area contributed by atoms with Crippen LogP contribution in [-0.2, 0) is 6.61 Å². The second-order valence-corrected chi connectivity index (χ2v) is 7.70. The molecule has 28 heavy (non-hydrogen) atoms. The molecule has 1 aromatic carbocycles. The molecular weight excluding hydrogens is 408 g/mol. The molecule has 0 bridgehead atoms. The highest BCUT2D eigenvalue weighted by Gasteiger charge is 2.20. The lowest BCUT2D eigenvalue weighted by molar-refractivity contribution is 0.0930. The molecule has 0 radical (unpaired) electrons. The van der Waals surface area contributed by atoms with Crippen molar-refractivity contribution < 1.29 is 18.7 Å². The highest BCUT2D eigenvalue weighted by atomic mass is 35.5. The molecule has 3 rings (SSSR count). The smallest absolute Gasteiger partial charge is 0.268 e. The van der Waals surface area contributed by atoms with Gasteiger partial charge in [0, 0.05) is 17.5 Å². The highest BCUT2D eigenvalue weighted by molar-refractivity contribution is 7.11. The van der Waals surface area contributed by atoms with Gasteiger partial charge in [0.2, 0.25) is 0 Å². The number of halogens is 3. The molecule has 0 aliphatic rings. The molecular formula is C19H18ClF2N3O2S. The zero-order chi connectivity index (χ0) is 20.3. The van der Waals surface area contributed by atoms with Crippen molar-refractivity contribution in [2.75, 3.05) is 0 Å². The zero-order valence-electron chi connectivity index (χ0n) is 14.9. The third-order valence-corrected chi connectivity index (χ3v) is 5.59. The number of hydrogen-bond donors (Lipinski definition) is 3. The van der Waals surface area contributed by atoms with E-state index in [9.17, 15) is 18.7 Å². The third-order valence-electron chi connectivity index (χ3n) is 4.13. The molecule has 148 valence electrons. The van der Waals surface area contributed by atoms with Crippen LogP contribution in [0.3, 0.4) is 0 Å². The second-order valence-electron chi connectivity index (χ2n) is 6.18. The predicted molar refractivity (Wildman–Crippen MR) is 104 cm³/mol. The fourth-order valence-electron chi connectivity index (χ4n) is 2.75. The maximum Gasteiger partial charge on any atom is 0.268 e. The van der Waals surface area contributed by atoms with E-state index in [1.165, 1.54) is 11.3 Å². The van der Waals surface area contributed by atoms with Crippen molar-refractivity contribution in [3.63, 3.8) is 0 Å². The van der Waals surface area contributed by atoms with Crippen molar-refractivity contribution in [1.82, 2.24) is 15.3 Å². The van der Waals surface area contributed by atoms with Gasteiger partial charge < -0.3 is 15.4 Å². The van der Waals surface area contributed by atoms with E-state index < -0.39 is 16.7 Å². The topological polar surface area (TPSA) is 78.0 Å². The van der Waals surface area contributed by atoms with Gasteiger partial charge in [0.1, 0.15) is 27.4 Å². The lowest BCUT2D eigenvalue weighted by atomic mass is 10.1. The van der Waals surface area contributed by atoms with Crippen molar-refractivity contribution in [3.05, 3.63) is 62.7 Å². The molecule has 9 heteroatoms. The van der Waals surface area contributed by atoms with Gasteiger partial charge in [-0.3, -0.25) is 4.79 Å². The summed E-state index contributed by atoms with van der Waals surface area (Å²) >= 11 is 6.85. The van der Waals surface area contributed by atoms with Gasteiger partial charge in [0.15, 0.2) is 0 Å². The molecule has 2 heterocycles. The average Bonchev–Trinajstić information content (AvgIpc) is 3.35. The molecule has 0 saturated heterocycles. The normalized spacial score (nSPS) is 12.2. The predicted octanol–water partition coefficient (Wildman–Crippen LogP) is 4.83. The summed E-state index contributed by atoms with van der Waals surface area (Å²) in [5, 5.41) is 12.3. The number of carbonyl (C=O) groups excluding carboxylic acids is 1. The number of hydrogen-bond acceptors (Lipinski definition) is 4. The maximum absolute atomic E-state index is 13.7. The molecule has 2 aromatic heterocycles. The number of aromatic nitrogens is 2. The number of aliphatic hydroxyl groups excluding tert-OH is 1. The Kier molecular flexibility index (Phi) is 6.43. The molecule has 0 aliphatic heterocycles. The van der Waals surface area contributed by atoms with Crippen LogP contribution in [0.25, 0.3) is 11.3 Å². The standard InChI is InChI=1S/C19H18ClF2N3O2S/c1-2-3-16(19-23-8-11(9-26)28-19)25-18(27)15-5-4-14(24-15)10-6-12(21)17(20)13(22)7-10/h4-8,16,24,26H,2-3,9H2,1H3,(H,25,27). The van der Waals surface area contributed by atoms with Crippen LogP contribution in [0.5, 0.6) is 0 Å². The van der Waals surface area contributed by atoms with Gasteiger partial charge >= 0.3 is 0 Å². The molecule has 1 unspecified atom stereocenters. The minimum absolute atomic E-state index is 0.0986. The summed E-state index contributed by atoms with van der Waals surface area (Å²) in [5.41, 5.74) is 0.894. The Morgan fingerprint density at radius 2 is 2.07 bits per heavy atom. The molecule has 0 spiro atoms. The summed E-state index contributed by atoms with van der Waals surface area (Å²) in [6, 6.07) is 5.02. The number of thiazole rings is 1. The Morgan fingerprint density at radius 3 is 2.68 bits per heavy atom. The van der Waals surface area contributed by atoms with Gasteiger partial charge in [-0.15, -0.1) is 11.3 Å². The molecule has 1 amide bonds. The van der Waals surface area contributed by atoms with Crippen LogP contribution in [0.2, 0.25) is 5.02 Å². The Bertz CT molecular complexity index is 966. The van der Waals surface area contributed by atoms with E-state index in [4.69, 9.17) is 11.6 Å². The average molecular weight is 426 g/mol. The monoisotopic (exact) mass is 425 g/mol. The number of H-pyrrole nitrogens is 1. The molecule has 1 atom stereocenters. The summed E-state index contributed by atoms with van der Waals surface area (Å²) in [7, 11) is 0. The van der Waals surface area contributed by atoms with Gasteiger partial charge in [0.05, 0.1) is 17.5 Å². The van der Waals surface area contributed by atoms with Crippen LogP contribution in [0.15, 0.2) is 30.5 Å². The summed E-state index contributed by atoms with van der Waals surface area (Å²) in [5.74, 6) is -2.10. The molecule has 0 aliphatic carbocycles. The minimum atomic E-state index is -0.872. The maximum atomic E-state index is 13.7. The van der Waals surface area contributed by atoms with Crippen LogP contribution >= 0.6 is 22.9 Å². The fourth-order valence-corrected chi connectivity index (χ4v) is 3.72. The Hall–Kier alpha value is -2.29. The lowest BCUT2D eigenvalue weighted by Gasteiger charge is -2.15. The van der Waals surface area contributed by atoms with Crippen LogP contribution in [0.4, 0.5) is 8.78 Å². The summed E-state index contributed by atoms with van der Waals surface area (Å²) < 4.78 is 27.4. The first kappa shape index (κ1) is 20.4. The van der Waals surface area contributed by atoms with Crippen LogP contribution < -0.4 is 5.32 Å². The van der Waals surface area contributed by atoms with Crippen LogP contribution in [0, 0.1) is 11.6 Å². The number of nitrogens with zero attached hydrogens (tertiary/aromatic N) is 1. The Morgan fingerprint density at radius 1 is 1.36 bits per heavy atom. The van der Waals surface area contributed by atoms with E-state index in [2.05, 4.69) is 15.3 Å². The van der Waals surface area contributed by atoms with E-state index in [0.29, 0.717) is 17.1 Å². The molecule has 0 fully saturated rings. The highest BCUT2D eigenvalue weighted by Crippen LogP contribution is 2.28. The van der Waals surface area contributed by atoms with Gasteiger partial charge in [-0.25, -0.2) is 13.8 Å². The molecule has 0 saturated carbocycles.